The molecule has 5 N–H and O–H groups in total. The lowest BCUT2D eigenvalue weighted by molar-refractivity contribution is -0.120. The maximum absolute atomic E-state index is 11.8. The first-order chi connectivity index (χ1) is 9.55. The summed E-state index contributed by atoms with van der Waals surface area (Å²) in [4.78, 5) is 22.4. The maximum atomic E-state index is 11.8. The number of amides is 2. The van der Waals surface area contributed by atoms with Crippen LogP contribution in [0.3, 0.4) is 0 Å². The summed E-state index contributed by atoms with van der Waals surface area (Å²) in [6, 6.07) is 6.67. The highest BCUT2D eigenvalue weighted by molar-refractivity contribution is 5.91. The molecule has 0 saturated carbocycles. The van der Waals surface area contributed by atoms with Crippen LogP contribution in [0.25, 0.3) is 0 Å². The first-order valence-electron chi connectivity index (χ1n) is 6.09. The number of hydrogen-bond donors (Lipinski definition) is 3. The molecule has 1 aromatic carbocycles. The SMILES string of the molecule is COC(CN)CC(=O)Nc1cccc(OCC(N)=O)c1. The topological polar surface area (TPSA) is 117 Å². The van der Waals surface area contributed by atoms with Crippen molar-refractivity contribution in [3.05, 3.63) is 24.3 Å². The molecule has 0 radical (unpaired) electrons. The van der Waals surface area contributed by atoms with Gasteiger partial charge in [-0.05, 0) is 12.1 Å². The van der Waals surface area contributed by atoms with Gasteiger partial charge in [-0.1, -0.05) is 6.07 Å². The molecule has 1 atom stereocenters. The second kappa shape index (κ2) is 8.13. The second-order valence-electron chi connectivity index (χ2n) is 4.13. The van der Waals surface area contributed by atoms with Crippen molar-refractivity contribution in [2.24, 2.45) is 11.5 Å². The van der Waals surface area contributed by atoms with Crippen LogP contribution in [-0.4, -0.2) is 38.2 Å². The van der Waals surface area contributed by atoms with Gasteiger partial charge >= 0.3 is 0 Å². The third-order valence-electron chi connectivity index (χ3n) is 2.51. The predicted molar refractivity (Wildman–Crippen MR) is 74.2 cm³/mol. The number of primary amides is 1. The first-order valence-corrected chi connectivity index (χ1v) is 6.09. The molecule has 0 heterocycles. The zero-order valence-electron chi connectivity index (χ0n) is 11.3. The number of nitrogens with one attached hydrogen (secondary N) is 1. The van der Waals surface area contributed by atoms with E-state index in [1.54, 1.807) is 24.3 Å². The molecule has 1 rings (SSSR count). The van der Waals surface area contributed by atoms with Crippen LogP contribution in [0.15, 0.2) is 24.3 Å². The summed E-state index contributed by atoms with van der Waals surface area (Å²) in [6.45, 7) is 0.0575. The lowest BCUT2D eigenvalue weighted by Gasteiger charge is -2.13. The van der Waals surface area contributed by atoms with Crippen molar-refractivity contribution < 1.29 is 19.1 Å². The summed E-state index contributed by atoms with van der Waals surface area (Å²) < 4.78 is 10.2. The fourth-order valence-corrected chi connectivity index (χ4v) is 1.50. The van der Waals surface area contributed by atoms with Gasteiger partial charge < -0.3 is 26.3 Å². The molecule has 0 saturated heterocycles. The smallest absolute Gasteiger partial charge is 0.255 e. The molecule has 0 bridgehead atoms. The van der Waals surface area contributed by atoms with Gasteiger partial charge in [0.2, 0.25) is 5.91 Å². The monoisotopic (exact) mass is 281 g/mol. The van der Waals surface area contributed by atoms with E-state index in [2.05, 4.69) is 5.32 Å². The Morgan fingerprint density at radius 1 is 1.40 bits per heavy atom. The molecule has 0 fully saturated rings. The summed E-state index contributed by atoms with van der Waals surface area (Å²) in [5.74, 6) is -0.330. The lowest BCUT2D eigenvalue weighted by atomic mass is 10.2. The molecule has 7 heteroatoms. The Bertz CT molecular complexity index is 461. The van der Waals surface area contributed by atoms with E-state index in [0.717, 1.165) is 0 Å². The zero-order valence-corrected chi connectivity index (χ0v) is 11.3. The summed E-state index contributed by atoms with van der Waals surface area (Å²) in [5.41, 5.74) is 11.0. The Kier molecular flexibility index (Phi) is 6.48. The van der Waals surface area contributed by atoms with Crippen LogP contribution in [0, 0.1) is 0 Å². The number of nitrogens with two attached hydrogens (primary N) is 2. The van der Waals surface area contributed by atoms with E-state index in [9.17, 15) is 9.59 Å². The maximum Gasteiger partial charge on any atom is 0.255 e. The standard InChI is InChI=1S/C13H19N3O4/c1-19-11(7-14)6-13(18)16-9-3-2-4-10(5-9)20-8-12(15)17/h2-5,11H,6-8,14H2,1H3,(H2,15,17)(H,16,18). The molecule has 1 aromatic rings. The lowest BCUT2D eigenvalue weighted by Crippen LogP contribution is -2.28. The van der Waals surface area contributed by atoms with Crippen molar-refractivity contribution in [1.29, 1.82) is 0 Å². The Balaban J connectivity index is 2.56. The molecular weight excluding hydrogens is 262 g/mol. The Labute approximate surface area is 117 Å². The molecule has 20 heavy (non-hydrogen) atoms. The number of ether oxygens (including phenoxy) is 2. The molecule has 0 aliphatic rings. The third kappa shape index (κ3) is 5.68. The number of carbonyl (C=O) groups is 2. The van der Waals surface area contributed by atoms with E-state index in [0.29, 0.717) is 11.4 Å². The summed E-state index contributed by atoms with van der Waals surface area (Å²) in [5, 5.41) is 2.70. The van der Waals surface area contributed by atoms with E-state index in [1.165, 1.54) is 7.11 Å². The van der Waals surface area contributed by atoms with E-state index < -0.39 is 5.91 Å². The van der Waals surface area contributed by atoms with Crippen LogP contribution in [0.5, 0.6) is 5.75 Å². The van der Waals surface area contributed by atoms with Gasteiger partial charge in [0.05, 0.1) is 12.5 Å². The molecule has 110 valence electrons. The summed E-state index contributed by atoms with van der Waals surface area (Å²) in [7, 11) is 1.50. The minimum atomic E-state index is -0.565. The second-order valence-corrected chi connectivity index (χ2v) is 4.13. The van der Waals surface area contributed by atoms with Crippen molar-refractivity contribution in [2.45, 2.75) is 12.5 Å². The van der Waals surface area contributed by atoms with Crippen LogP contribution < -0.4 is 21.5 Å². The van der Waals surface area contributed by atoms with Crippen LogP contribution in [0.2, 0.25) is 0 Å². The Hall–Kier alpha value is -2.12. The van der Waals surface area contributed by atoms with E-state index in [1.807, 2.05) is 0 Å². The normalized spacial score (nSPS) is 11.7. The van der Waals surface area contributed by atoms with Gasteiger partial charge in [-0.3, -0.25) is 9.59 Å². The first kappa shape index (κ1) is 15.9. The number of hydrogen-bond acceptors (Lipinski definition) is 5. The third-order valence-corrected chi connectivity index (χ3v) is 2.51. The molecule has 0 aliphatic heterocycles. The Morgan fingerprint density at radius 2 is 2.15 bits per heavy atom. The number of rotatable bonds is 8. The fourth-order valence-electron chi connectivity index (χ4n) is 1.50. The van der Waals surface area contributed by atoms with Crippen molar-refractivity contribution in [1.82, 2.24) is 0 Å². The molecule has 7 nitrogen and oxygen atoms in total. The molecule has 2 amide bonds. The van der Waals surface area contributed by atoms with E-state index in [4.69, 9.17) is 20.9 Å². The summed E-state index contributed by atoms with van der Waals surface area (Å²) in [6.07, 6.45) is -0.149. The van der Waals surface area contributed by atoms with Crippen LogP contribution >= 0.6 is 0 Å². The van der Waals surface area contributed by atoms with Gasteiger partial charge in [-0.15, -0.1) is 0 Å². The fraction of sp³-hybridized carbons (Fsp3) is 0.385. The van der Waals surface area contributed by atoms with Crippen LogP contribution in [0.1, 0.15) is 6.42 Å². The Morgan fingerprint density at radius 3 is 2.75 bits per heavy atom. The summed E-state index contributed by atoms with van der Waals surface area (Å²) >= 11 is 0. The highest BCUT2D eigenvalue weighted by Crippen LogP contribution is 2.17. The highest BCUT2D eigenvalue weighted by atomic mass is 16.5. The van der Waals surface area contributed by atoms with Gasteiger partial charge in [0.15, 0.2) is 6.61 Å². The van der Waals surface area contributed by atoms with E-state index in [-0.39, 0.29) is 31.6 Å². The average molecular weight is 281 g/mol. The van der Waals surface area contributed by atoms with Crippen LogP contribution in [0.4, 0.5) is 5.69 Å². The average Bonchev–Trinajstić information content (AvgIpc) is 2.43. The number of benzene rings is 1. The van der Waals surface area contributed by atoms with Gasteiger partial charge in [-0.2, -0.15) is 0 Å². The number of methoxy groups -OCH3 is 1. The molecular formula is C13H19N3O4. The zero-order chi connectivity index (χ0) is 15.0. The van der Waals surface area contributed by atoms with Crippen LogP contribution in [-0.2, 0) is 14.3 Å². The van der Waals surface area contributed by atoms with Gasteiger partial charge in [-0.25, -0.2) is 0 Å². The number of anilines is 1. The van der Waals surface area contributed by atoms with Crippen molar-refractivity contribution in [3.63, 3.8) is 0 Å². The van der Waals surface area contributed by atoms with E-state index >= 15 is 0 Å². The van der Waals surface area contributed by atoms with Crippen molar-refractivity contribution in [3.8, 4) is 5.75 Å². The van der Waals surface area contributed by atoms with Gasteiger partial charge in [0, 0.05) is 25.4 Å². The minimum Gasteiger partial charge on any atom is -0.484 e. The number of carbonyl (C=O) groups excluding carboxylic acids is 2. The quantitative estimate of drug-likeness (QED) is 0.613. The van der Waals surface area contributed by atoms with Crippen molar-refractivity contribution >= 4 is 17.5 Å². The molecule has 1 unspecified atom stereocenters. The highest BCUT2D eigenvalue weighted by Gasteiger charge is 2.11. The molecule has 0 spiro atoms. The van der Waals surface area contributed by atoms with Gasteiger partial charge in [0.25, 0.3) is 5.91 Å². The molecule has 0 aromatic heterocycles. The molecule has 0 aliphatic carbocycles. The largest absolute Gasteiger partial charge is 0.484 e. The van der Waals surface area contributed by atoms with Gasteiger partial charge in [0.1, 0.15) is 5.75 Å². The minimum absolute atomic E-state index is 0.166. The predicted octanol–water partition coefficient (Wildman–Crippen LogP) is -0.147. The van der Waals surface area contributed by atoms with Crippen molar-refractivity contribution in [2.75, 3.05) is 25.6 Å².